The second-order valence-corrected chi connectivity index (χ2v) is 5.38. The fourth-order valence-corrected chi connectivity index (χ4v) is 1.63. The molecule has 0 saturated heterocycles. The maximum absolute atomic E-state index is 11.7. The molecule has 3 nitrogen and oxygen atoms in total. The van der Waals surface area contributed by atoms with E-state index in [1.54, 1.807) is 0 Å². The first-order valence-corrected chi connectivity index (χ1v) is 6.54. The molecule has 0 spiro atoms. The second kappa shape index (κ2) is 6.55. The minimum absolute atomic E-state index is 0.0852. The van der Waals surface area contributed by atoms with Gasteiger partial charge in [0, 0.05) is 6.54 Å². The maximum atomic E-state index is 11.7. The monoisotopic (exact) mass is 248 g/mol. The van der Waals surface area contributed by atoms with Crippen LogP contribution in [0.4, 0.5) is 0 Å². The Morgan fingerprint density at radius 1 is 1.17 bits per heavy atom. The summed E-state index contributed by atoms with van der Waals surface area (Å²) in [5, 5.41) is 2.86. The zero-order valence-corrected chi connectivity index (χ0v) is 11.7. The quantitative estimate of drug-likeness (QED) is 0.840. The van der Waals surface area contributed by atoms with Crippen molar-refractivity contribution in [3.8, 4) is 0 Å². The van der Waals surface area contributed by atoms with E-state index in [4.69, 9.17) is 5.73 Å². The van der Waals surface area contributed by atoms with Crippen molar-refractivity contribution in [3.63, 3.8) is 0 Å². The van der Waals surface area contributed by atoms with Gasteiger partial charge in [-0.2, -0.15) is 0 Å². The molecule has 100 valence electrons. The first kappa shape index (κ1) is 14.7. The third-order valence-corrected chi connectivity index (χ3v) is 3.13. The smallest absolute Gasteiger partial charge is 0.237 e. The number of hydrogen-bond acceptors (Lipinski definition) is 2. The SMILES string of the molecule is CC(C)c1ccc(CNC(=O)C(N)C(C)C)cc1. The van der Waals surface area contributed by atoms with Gasteiger partial charge in [-0.25, -0.2) is 0 Å². The molecule has 0 saturated carbocycles. The van der Waals surface area contributed by atoms with Crippen molar-refractivity contribution < 1.29 is 4.79 Å². The maximum Gasteiger partial charge on any atom is 0.237 e. The number of benzene rings is 1. The van der Waals surface area contributed by atoms with Crippen LogP contribution in [0, 0.1) is 5.92 Å². The molecule has 0 aliphatic heterocycles. The summed E-state index contributed by atoms with van der Waals surface area (Å²) >= 11 is 0. The predicted molar refractivity (Wildman–Crippen MR) is 75.2 cm³/mol. The summed E-state index contributed by atoms with van der Waals surface area (Å²) in [7, 11) is 0. The van der Waals surface area contributed by atoms with Gasteiger partial charge in [0.15, 0.2) is 0 Å². The number of amides is 1. The van der Waals surface area contributed by atoms with Gasteiger partial charge in [0.2, 0.25) is 5.91 Å². The van der Waals surface area contributed by atoms with Crippen LogP contribution in [0.5, 0.6) is 0 Å². The Balaban J connectivity index is 2.51. The Morgan fingerprint density at radius 3 is 2.17 bits per heavy atom. The lowest BCUT2D eigenvalue weighted by atomic mass is 10.0. The van der Waals surface area contributed by atoms with Crippen LogP contribution >= 0.6 is 0 Å². The molecule has 0 fully saturated rings. The molecule has 0 aliphatic carbocycles. The van der Waals surface area contributed by atoms with E-state index in [2.05, 4.69) is 43.4 Å². The summed E-state index contributed by atoms with van der Waals surface area (Å²) in [4.78, 5) is 11.7. The zero-order chi connectivity index (χ0) is 13.7. The summed E-state index contributed by atoms with van der Waals surface area (Å²) in [5.41, 5.74) is 8.19. The third kappa shape index (κ3) is 4.15. The van der Waals surface area contributed by atoms with Crippen molar-refractivity contribution in [1.82, 2.24) is 5.32 Å². The highest BCUT2D eigenvalue weighted by atomic mass is 16.2. The lowest BCUT2D eigenvalue weighted by Crippen LogP contribution is -2.43. The predicted octanol–water partition coefficient (Wildman–Crippen LogP) is 2.41. The van der Waals surface area contributed by atoms with E-state index >= 15 is 0 Å². The van der Waals surface area contributed by atoms with Gasteiger partial charge in [-0.1, -0.05) is 52.0 Å². The summed E-state index contributed by atoms with van der Waals surface area (Å²) in [6, 6.07) is 7.88. The number of rotatable bonds is 5. The molecular formula is C15H24N2O. The topological polar surface area (TPSA) is 55.1 Å². The van der Waals surface area contributed by atoms with Gasteiger partial charge in [-0.3, -0.25) is 4.79 Å². The minimum Gasteiger partial charge on any atom is -0.351 e. The second-order valence-electron chi connectivity index (χ2n) is 5.38. The number of nitrogens with one attached hydrogen (secondary N) is 1. The van der Waals surface area contributed by atoms with Gasteiger partial charge in [-0.15, -0.1) is 0 Å². The van der Waals surface area contributed by atoms with Crippen LogP contribution in [0.2, 0.25) is 0 Å². The van der Waals surface area contributed by atoms with E-state index in [9.17, 15) is 4.79 Å². The van der Waals surface area contributed by atoms with Crippen molar-refractivity contribution in [1.29, 1.82) is 0 Å². The van der Waals surface area contributed by atoms with Gasteiger partial charge in [0.1, 0.15) is 0 Å². The number of hydrogen-bond donors (Lipinski definition) is 2. The van der Waals surface area contributed by atoms with Gasteiger partial charge in [-0.05, 0) is 23.0 Å². The normalized spacial score (nSPS) is 12.8. The van der Waals surface area contributed by atoms with Crippen LogP contribution in [0.3, 0.4) is 0 Å². The molecular weight excluding hydrogens is 224 g/mol. The van der Waals surface area contributed by atoms with Crippen LogP contribution in [0.1, 0.15) is 44.7 Å². The molecule has 3 heteroatoms. The molecule has 1 atom stereocenters. The average molecular weight is 248 g/mol. The Hall–Kier alpha value is -1.35. The van der Waals surface area contributed by atoms with E-state index < -0.39 is 6.04 Å². The summed E-state index contributed by atoms with van der Waals surface area (Å²) in [6.45, 7) is 8.76. The van der Waals surface area contributed by atoms with Crippen molar-refractivity contribution in [2.24, 2.45) is 11.7 Å². The fraction of sp³-hybridized carbons (Fsp3) is 0.533. The van der Waals surface area contributed by atoms with Crippen molar-refractivity contribution in [2.45, 2.75) is 46.2 Å². The van der Waals surface area contributed by atoms with Gasteiger partial charge < -0.3 is 11.1 Å². The molecule has 0 aliphatic rings. The van der Waals surface area contributed by atoms with E-state index in [-0.39, 0.29) is 11.8 Å². The first-order valence-electron chi connectivity index (χ1n) is 6.54. The molecule has 1 unspecified atom stereocenters. The molecule has 18 heavy (non-hydrogen) atoms. The highest BCUT2D eigenvalue weighted by molar-refractivity contribution is 5.81. The van der Waals surface area contributed by atoms with Crippen molar-refractivity contribution in [2.75, 3.05) is 0 Å². The molecule has 1 aromatic carbocycles. The van der Waals surface area contributed by atoms with Crippen molar-refractivity contribution >= 4 is 5.91 Å². The lowest BCUT2D eigenvalue weighted by Gasteiger charge is -2.15. The largest absolute Gasteiger partial charge is 0.351 e. The molecule has 1 amide bonds. The highest BCUT2D eigenvalue weighted by Crippen LogP contribution is 2.14. The van der Waals surface area contributed by atoms with Gasteiger partial charge >= 0.3 is 0 Å². The van der Waals surface area contributed by atoms with Crippen LogP contribution in [0.15, 0.2) is 24.3 Å². The van der Waals surface area contributed by atoms with E-state index in [1.165, 1.54) is 5.56 Å². The van der Waals surface area contributed by atoms with E-state index in [0.717, 1.165) is 5.56 Å². The number of carbonyl (C=O) groups is 1. The first-order chi connectivity index (χ1) is 8.41. The Labute approximate surface area is 110 Å². The Morgan fingerprint density at radius 2 is 1.72 bits per heavy atom. The molecule has 0 aromatic heterocycles. The van der Waals surface area contributed by atoms with Crippen LogP contribution in [-0.4, -0.2) is 11.9 Å². The molecule has 0 radical (unpaired) electrons. The van der Waals surface area contributed by atoms with E-state index in [1.807, 2.05) is 13.8 Å². The summed E-state index contributed by atoms with van der Waals surface area (Å²) in [5.74, 6) is 0.606. The molecule has 0 heterocycles. The third-order valence-electron chi connectivity index (χ3n) is 3.13. The lowest BCUT2D eigenvalue weighted by molar-refractivity contribution is -0.123. The van der Waals surface area contributed by atoms with Crippen molar-refractivity contribution in [3.05, 3.63) is 35.4 Å². The fourth-order valence-electron chi connectivity index (χ4n) is 1.63. The van der Waals surface area contributed by atoms with Gasteiger partial charge in [0.25, 0.3) is 0 Å². The molecule has 1 rings (SSSR count). The van der Waals surface area contributed by atoms with E-state index in [0.29, 0.717) is 12.5 Å². The standard InChI is InChI=1S/C15H24N2O/c1-10(2)13-7-5-12(6-8-13)9-17-15(18)14(16)11(3)4/h5-8,10-11,14H,9,16H2,1-4H3,(H,17,18). The zero-order valence-electron chi connectivity index (χ0n) is 11.7. The minimum atomic E-state index is -0.431. The van der Waals surface area contributed by atoms with Crippen LogP contribution in [-0.2, 0) is 11.3 Å². The Bertz CT molecular complexity index is 382. The van der Waals surface area contributed by atoms with Crippen LogP contribution < -0.4 is 11.1 Å². The summed E-state index contributed by atoms with van der Waals surface area (Å²) in [6.07, 6.45) is 0. The number of carbonyl (C=O) groups excluding carboxylic acids is 1. The summed E-state index contributed by atoms with van der Waals surface area (Å²) < 4.78 is 0. The molecule has 3 N–H and O–H groups in total. The average Bonchev–Trinajstić information content (AvgIpc) is 2.35. The Kier molecular flexibility index (Phi) is 5.35. The van der Waals surface area contributed by atoms with Crippen LogP contribution in [0.25, 0.3) is 0 Å². The van der Waals surface area contributed by atoms with Gasteiger partial charge in [0.05, 0.1) is 6.04 Å². The molecule has 0 bridgehead atoms. The number of nitrogens with two attached hydrogens (primary N) is 1. The molecule has 1 aromatic rings. The highest BCUT2D eigenvalue weighted by Gasteiger charge is 2.16.